The number of nitrogens with one attached hydrogen (secondary N) is 2. The van der Waals surface area contributed by atoms with Gasteiger partial charge in [0.1, 0.15) is 0 Å². The van der Waals surface area contributed by atoms with Crippen LogP contribution in [0, 0.1) is 5.82 Å². The van der Waals surface area contributed by atoms with Crippen molar-refractivity contribution in [2.45, 2.75) is 0 Å². The van der Waals surface area contributed by atoms with Crippen molar-refractivity contribution in [2.24, 2.45) is 0 Å². The SMILES string of the molecule is O=c1[nH]cc(F)c(=O)[nH]1.[Cl][Pt+2][Cl].[NH2-].[NH2-]. The molecule has 86 valence electrons. The van der Waals surface area contributed by atoms with Crippen LogP contribution in [0.4, 0.5) is 4.39 Å². The van der Waals surface area contributed by atoms with E-state index in [9.17, 15) is 14.0 Å². The van der Waals surface area contributed by atoms with Crippen molar-refractivity contribution < 1.29 is 20.9 Å². The van der Waals surface area contributed by atoms with Gasteiger partial charge in [-0.05, 0) is 0 Å². The Morgan fingerprint density at radius 2 is 1.71 bits per heavy atom. The van der Waals surface area contributed by atoms with E-state index in [1.54, 1.807) is 4.98 Å². The number of hydrogen-bond acceptors (Lipinski definition) is 2. The molecule has 0 aliphatic rings. The maximum atomic E-state index is 12.0. The quantitative estimate of drug-likeness (QED) is 0.655. The van der Waals surface area contributed by atoms with Crippen molar-refractivity contribution in [3.63, 3.8) is 0 Å². The van der Waals surface area contributed by atoms with Crippen LogP contribution in [0.25, 0.3) is 12.3 Å². The molecule has 0 saturated carbocycles. The molecule has 0 atom stereocenters. The molecule has 0 fully saturated rings. The standard InChI is InChI=1S/C4H3FN2O2.2ClH.2H2N.Pt/c5-2-1-6-4(9)7-3(2)8;;;;;/h1H,(H2,6,7,8,9);2*1H;2*1H2;/q;;;2*-1;+4/p-2. The molecule has 0 aliphatic heterocycles. The number of nitrogens with two attached hydrogens (primary N) is 2. The Bertz CT molecular complexity index is 343. The first-order valence-corrected chi connectivity index (χ1v) is 8.04. The zero-order valence-electron chi connectivity index (χ0n) is 6.50. The van der Waals surface area contributed by atoms with Crippen molar-refractivity contribution in [3.05, 3.63) is 45.2 Å². The monoisotopic (exact) mass is 427 g/mol. The van der Waals surface area contributed by atoms with E-state index in [-0.39, 0.29) is 12.3 Å². The molecule has 1 rings (SSSR count). The van der Waals surface area contributed by atoms with Crippen LogP contribution in [0.5, 0.6) is 0 Å². The Morgan fingerprint density at radius 1 is 1.29 bits per heavy atom. The Balaban J connectivity index is -0.000000218. The summed E-state index contributed by atoms with van der Waals surface area (Å²) in [5, 5.41) is 0. The molecule has 0 amide bonds. The summed E-state index contributed by atoms with van der Waals surface area (Å²) in [4.78, 5) is 24.0. The molecule has 0 radical (unpaired) electrons. The Labute approximate surface area is 94.8 Å². The predicted octanol–water partition coefficient (Wildman–Crippen LogP) is 2.01. The molecular weight excluding hydrogens is 421 g/mol. The second-order valence-electron chi connectivity index (χ2n) is 1.47. The molecule has 1 heterocycles. The summed E-state index contributed by atoms with van der Waals surface area (Å²) >= 11 is -0.472. The van der Waals surface area contributed by atoms with E-state index in [0.717, 1.165) is 0 Å². The maximum absolute atomic E-state index is 12.0. The number of halogens is 3. The third-order valence-corrected chi connectivity index (χ3v) is 0.774. The van der Waals surface area contributed by atoms with Crippen LogP contribution in [0.15, 0.2) is 15.8 Å². The molecule has 6 N–H and O–H groups in total. The van der Waals surface area contributed by atoms with E-state index in [2.05, 4.69) is 0 Å². The van der Waals surface area contributed by atoms with Crippen LogP contribution in [0.1, 0.15) is 0 Å². The Hall–Kier alpha value is -0.202. The smallest absolute Gasteiger partial charge is 0.693 e. The van der Waals surface area contributed by atoms with E-state index in [4.69, 9.17) is 18.8 Å². The predicted molar refractivity (Wildman–Crippen MR) is 49.9 cm³/mol. The molecule has 6 nitrogen and oxygen atoms in total. The third-order valence-electron chi connectivity index (χ3n) is 0.774. The summed E-state index contributed by atoms with van der Waals surface area (Å²) in [5.74, 6) is -0.991. The van der Waals surface area contributed by atoms with E-state index in [1.807, 2.05) is 4.98 Å². The number of aromatic amines is 2. The van der Waals surface area contributed by atoms with E-state index >= 15 is 0 Å². The molecular formula is C4H7Cl2FN4O2Pt. The second kappa shape index (κ2) is 10.9. The van der Waals surface area contributed by atoms with Crippen molar-refractivity contribution in [1.29, 1.82) is 0 Å². The van der Waals surface area contributed by atoms with E-state index in [0.29, 0.717) is 6.20 Å². The first-order chi connectivity index (χ1) is 5.61. The molecule has 0 spiro atoms. The van der Waals surface area contributed by atoms with Crippen LogP contribution >= 0.6 is 18.8 Å². The number of hydrogen-bond donors (Lipinski definition) is 2. The molecule has 10 heteroatoms. The van der Waals surface area contributed by atoms with Gasteiger partial charge in [-0.1, -0.05) is 0 Å². The summed E-state index contributed by atoms with van der Waals surface area (Å²) < 4.78 is 12.0. The molecule has 0 saturated heterocycles. The number of rotatable bonds is 0. The fraction of sp³-hybridized carbons (Fsp3) is 0. The summed E-state index contributed by atoms with van der Waals surface area (Å²) in [7, 11) is 9.75. The van der Waals surface area contributed by atoms with Gasteiger partial charge in [0.05, 0.1) is 0 Å². The van der Waals surface area contributed by atoms with Gasteiger partial charge in [-0.3, -0.25) is 9.78 Å². The summed E-state index contributed by atoms with van der Waals surface area (Å²) in [6.07, 6.45) is 0.709. The minimum Gasteiger partial charge on any atom is -0.693 e. The zero-order chi connectivity index (χ0) is 9.56. The topological polar surface area (TPSA) is 133 Å². The number of H-pyrrole nitrogens is 2. The van der Waals surface area contributed by atoms with Gasteiger partial charge in [0.2, 0.25) is 5.82 Å². The second-order valence-corrected chi connectivity index (χ2v) is 4.75. The van der Waals surface area contributed by atoms with Gasteiger partial charge < -0.3 is 17.3 Å². The van der Waals surface area contributed by atoms with Gasteiger partial charge >= 0.3 is 41.0 Å². The van der Waals surface area contributed by atoms with E-state index in [1.165, 1.54) is 0 Å². The molecule has 0 aromatic carbocycles. The Kier molecular flexibility index (Phi) is 15.1. The van der Waals surface area contributed by atoms with Crippen molar-refractivity contribution in [1.82, 2.24) is 9.97 Å². The Morgan fingerprint density at radius 3 is 2.00 bits per heavy atom. The normalized spacial score (nSPS) is 7.64. The molecule has 0 unspecified atom stereocenters. The number of aromatic nitrogens is 2. The molecule has 14 heavy (non-hydrogen) atoms. The fourth-order valence-corrected chi connectivity index (χ4v) is 0.393. The fourth-order valence-electron chi connectivity index (χ4n) is 0.393. The van der Waals surface area contributed by atoms with Gasteiger partial charge in [-0.2, -0.15) is 4.39 Å². The van der Waals surface area contributed by atoms with Crippen LogP contribution in [-0.4, -0.2) is 9.97 Å². The first-order valence-electron chi connectivity index (χ1n) is 2.41. The van der Waals surface area contributed by atoms with Gasteiger partial charge in [0.25, 0.3) is 5.56 Å². The minimum absolute atomic E-state index is 0. The average molecular weight is 428 g/mol. The molecule has 1 aromatic rings. The van der Waals surface area contributed by atoms with Gasteiger partial charge in [-0.15, -0.1) is 0 Å². The van der Waals surface area contributed by atoms with Crippen molar-refractivity contribution >= 4 is 18.8 Å². The molecule has 0 bridgehead atoms. The van der Waals surface area contributed by atoms with Gasteiger partial charge in [0, 0.05) is 6.20 Å². The van der Waals surface area contributed by atoms with Crippen LogP contribution in [0.2, 0.25) is 0 Å². The summed E-state index contributed by atoms with van der Waals surface area (Å²) in [6, 6.07) is 0. The van der Waals surface area contributed by atoms with Crippen LogP contribution < -0.4 is 11.2 Å². The zero-order valence-corrected chi connectivity index (χ0v) is 10.3. The summed E-state index contributed by atoms with van der Waals surface area (Å²) in [6.45, 7) is 0. The van der Waals surface area contributed by atoms with E-state index < -0.39 is 33.5 Å². The maximum Gasteiger partial charge on any atom is -0.693 e. The first kappa shape index (κ1) is 19.4. The van der Waals surface area contributed by atoms with Gasteiger partial charge in [-0.25, -0.2) is 4.79 Å². The molecule has 1 aromatic heterocycles. The summed E-state index contributed by atoms with van der Waals surface area (Å²) in [5.41, 5.74) is -1.71. The van der Waals surface area contributed by atoms with Crippen molar-refractivity contribution in [3.8, 4) is 0 Å². The molecule has 0 aliphatic carbocycles. The van der Waals surface area contributed by atoms with Crippen molar-refractivity contribution in [2.75, 3.05) is 0 Å². The minimum atomic E-state index is -1.00. The van der Waals surface area contributed by atoms with Gasteiger partial charge in [0.15, 0.2) is 0 Å². The van der Waals surface area contributed by atoms with Crippen LogP contribution in [-0.2, 0) is 16.5 Å². The average Bonchev–Trinajstić information content (AvgIpc) is 1.99. The third kappa shape index (κ3) is 8.40. The largest absolute Gasteiger partial charge is 0.693 e. The van der Waals surface area contributed by atoms with Crippen LogP contribution in [0.3, 0.4) is 0 Å².